The first-order valence-electron chi connectivity index (χ1n) is 6.50. The number of nitrogens with two attached hydrogens (primary N) is 1. The van der Waals surface area contributed by atoms with Crippen LogP contribution in [0.3, 0.4) is 0 Å². The number of benzene rings is 1. The van der Waals surface area contributed by atoms with E-state index in [-0.39, 0.29) is 5.69 Å². The van der Waals surface area contributed by atoms with E-state index in [1.54, 1.807) is 18.2 Å². The molecule has 0 saturated carbocycles. The minimum absolute atomic E-state index is 0.0188. The van der Waals surface area contributed by atoms with Gasteiger partial charge in [0.15, 0.2) is 0 Å². The molecule has 1 atom stereocenters. The first-order valence-corrected chi connectivity index (χ1v) is 6.50. The van der Waals surface area contributed by atoms with Gasteiger partial charge in [0.2, 0.25) is 0 Å². The average Bonchev–Trinajstić information content (AvgIpc) is 2.57. The Balaban J connectivity index is 2.30. The van der Waals surface area contributed by atoms with Crippen molar-refractivity contribution in [2.24, 2.45) is 5.73 Å². The number of nitrogens with zero attached hydrogens (tertiary/aromatic N) is 1. The van der Waals surface area contributed by atoms with Gasteiger partial charge in [-0.1, -0.05) is 18.2 Å². The normalized spacial score (nSPS) is 21.8. The van der Waals surface area contributed by atoms with E-state index in [1.165, 1.54) is 6.07 Å². The van der Waals surface area contributed by atoms with Crippen molar-refractivity contribution in [1.29, 1.82) is 0 Å². The highest BCUT2D eigenvalue weighted by Gasteiger charge is 2.54. The van der Waals surface area contributed by atoms with E-state index in [2.05, 4.69) is 0 Å². The molecule has 0 aliphatic carbocycles. The van der Waals surface area contributed by atoms with Gasteiger partial charge in [-0.05, 0) is 27.7 Å². The SMILES string of the molecule is CC1(C)OB([C@H](N)c2ccccc2[N+](=O)[O-])OC1(C)C. The van der Waals surface area contributed by atoms with Crippen molar-refractivity contribution in [2.75, 3.05) is 0 Å². The molecule has 1 heterocycles. The third kappa shape index (κ3) is 2.44. The Bertz CT molecular complexity index is 517. The summed E-state index contributed by atoms with van der Waals surface area (Å²) in [5.41, 5.74) is 5.49. The quantitative estimate of drug-likeness (QED) is 0.520. The highest BCUT2D eigenvalue weighted by Crippen LogP contribution is 2.40. The molecule has 0 radical (unpaired) electrons. The molecule has 1 saturated heterocycles. The molecule has 6 nitrogen and oxygen atoms in total. The van der Waals surface area contributed by atoms with Crippen molar-refractivity contribution < 1.29 is 14.2 Å². The van der Waals surface area contributed by atoms with Crippen LogP contribution in [0.4, 0.5) is 5.69 Å². The number of para-hydroxylation sites is 1. The van der Waals surface area contributed by atoms with Crippen LogP contribution in [-0.4, -0.2) is 23.2 Å². The molecule has 0 bridgehead atoms. The molecular formula is C13H19BN2O4. The van der Waals surface area contributed by atoms with Gasteiger partial charge in [-0.25, -0.2) is 0 Å². The number of hydrogen-bond donors (Lipinski definition) is 1. The van der Waals surface area contributed by atoms with Crippen LogP contribution < -0.4 is 5.73 Å². The number of nitro groups is 1. The Kier molecular flexibility index (Phi) is 3.62. The summed E-state index contributed by atoms with van der Waals surface area (Å²) in [4.78, 5) is 10.6. The van der Waals surface area contributed by atoms with Gasteiger partial charge in [-0.2, -0.15) is 0 Å². The molecule has 0 aromatic heterocycles. The van der Waals surface area contributed by atoms with Crippen LogP contribution in [0, 0.1) is 10.1 Å². The zero-order chi connectivity index (χ0) is 15.1. The molecule has 2 rings (SSSR count). The van der Waals surface area contributed by atoms with E-state index in [4.69, 9.17) is 15.0 Å². The van der Waals surface area contributed by atoms with E-state index in [1.807, 2.05) is 27.7 Å². The Morgan fingerprint density at radius 2 is 1.70 bits per heavy atom. The second-order valence-electron chi connectivity index (χ2n) is 5.97. The van der Waals surface area contributed by atoms with Gasteiger partial charge in [-0.15, -0.1) is 0 Å². The fourth-order valence-corrected chi connectivity index (χ4v) is 2.12. The van der Waals surface area contributed by atoms with Gasteiger partial charge in [-0.3, -0.25) is 10.1 Å². The highest BCUT2D eigenvalue weighted by molar-refractivity contribution is 6.47. The first kappa shape index (κ1) is 15.0. The Morgan fingerprint density at radius 3 is 2.20 bits per heavy atom. The lowest BCUT2D eigenvalue weighted by Crippen LogP contribution is -2.41. The summed E-state index contributed by atoms with van der Waals surface area (Å²) in [6.07, 6.45) is 0. The van der Waals surface area contributed by atoms with Gasteiger partial charge in [0.05, 0.1) is 22.1 Å². The maximum atomic E-state index is 11.1. The third-order valence-corrected chi connectivity index (χ3v) is 4.06. The van der Waals surface area contributed by atoms with Gasteiger partial charge < -0.3 is 15.0 Å². The lowest BCUT2D eigenvalue weighted by Gasteiger charge is -2.32. The van der Waals surface area contributed by atoms with E-state index in [9.17, 15) is 10.1 Å². The van der Waals surface area contributed by atoms with Crippen LogP contribution in [0.2, 0.25) is 0 Å². The van der Waals surface area contributed by atoms with Gasteiger partial charge >= 0.3 is 7.12 Å². The molecule has 20 heavy (non-hydrogen) atoms. The molecule has 108 valence electrons. The molecule has 2 N–H and O–H groups in total. The highest BCUT2D eigenvalue weighted by atomic mass is 16.7. The van der Waals surface area contributed by atoms with E-state index < -0.39 is 29.2 Å². The average molecular weight is 278 g/mol. The summed E-state index contributed by atoms with van der Waals surface area (Å²) < 4.78 is 11.7. The molecule has 0 spiro atoms. The zero-order valence-corrected chi connectivity index (χ0v) is 12.1. The van der Waals surface area contributed by atoms with Gasteiger partial charge in [0.1, 0.15) is 0 Å². The number of hydrogen-bond acceptors (Lipinski definition) is 5. The summed E-state index contributed by atoms with van der Waals surface area (Å²) in [5.74, 6) is -0.711. The molecule has 0 amide bonds. The van der Waals surface area contributed by atoms with Crippen molar-refractivity contribution in [3.05, 3.63) is 39.9 Å². The summed E-state index contributed by atoms with van der Waals surface area (Å²) in [7, 11) is -0.707. The predicted molar refractivity (Wildman–Crippen MR) is 76.1 cm³/mol. The van der Waals surface area contributed by atoms with Crippen LogP contribution >= 0.6 is 0 Å². The Labute approximate surface area is 118 Å². The van der Waals surface area contributed by atoms with Crippen LogP contribution in [-0.2, 0) is 9.31 Å². The molecule has 1 aliphatic heterocycles. The lowest BCUT2D eigenvalue weighted by atomic mass is 9.74. The molecule has 1 aromatic carbocycles. The lowest BCUT2D eigenvalue weighted by molar-refractivity contribution is -0.385. The largest absolute Gasteiger partial charge is 0.480 e. The molecule has 1 aliphatic rings. The van der Waals surface area contributed by atoms with Crippen LogP contribution in [0.15, 0.2) is 24.3 Å². The van der Waals surface area contributed by atoms with Crippen LogP contribution in [0.1, 0.15) is 39.2 Å². The van der Waals surface area contributed by atoms with E-state index >= 15 is 0 Å². The van der Waals surface area contributed by atoms with Crippen molar-refractivity contribution in [3.63, 3.8) is 0 Å². The minimum Gasteiger partial charge on any atom is -0.402 e. The van der Waals surface area contributed by atoms with Crippen LogP contribution in [0.5, 0.6) is 0 Å². The van der Waals surface area contributed by atoms with Gasteiger partial charge in [0, 0.05) is 11.6 Å². The maximum absolute atomic E-state index is 11.1. The van der Waals surface area contributed by atoms with Crippen LogP contribution in [0.25, 0.3) is 0 Å². The smallest absolute Gasteiger partial charge is 0.402 e. The Morgan fingerprint density at radius 1 is 1.20 bits per heavy atom. The Hall–Kier alpha value is -1.44. The first-order chi connectivity index (χ1) is 9.16. The molecular weight excluding hydrogens is 259 g/mol. The van der Waals surface area contributed by atoms with E-state index in [0.717, 1.165) is 0 Å². The van der Waals surface area contributed by atoms with E-state index in [0.29, 0.717) is 5.56 Å². The van der Waals surface area contributed by atoms with Crippen molar-refractivity contribution in [2.45, 2.75) is 44.8 Å². The maximum Gasteiger partial charge on any atom is 0.480 e. The molecule has 7 heteroatoms. The number of nitro benzene ring substituents is 1. The van der Waals surface area contributed by atoms with Crippen molar-refractivity contribution in [1.82, 2.24) is 0 Å². The summed E-state index contributed by atoms with van der Waals surface area (Å²) in [6.45, 7) is 7.66. The van der Waals surface area contributed by atoms with Crippen molar-refractivity contribution >= 4 is 12.8 Å². The summed E-state index contributed by atoms with van der Waals surface area (Å²) in [6, 6.07) is 6.39. The molecule has 1 aromatic rings. The second-order valence-corrected chi connectivity index (χ2v) is 5.97. The fraction of sp³-hybridized carbons (Fsp3) is 0.538. The zero-order valence-electron chi connectivity index (χ0n) is 12.1. The monoisotopic (exact) mass is 278 g/mol. The number of rotatable bonds is 3. The second kappa shape index (κ2) is 4.84. The third-order valence-electron chi connectivity index (χ3n) is 4.06. The summed E-state index contributed by atoms with van der Waals surface area (Å²) >= 11 is 0. The summed E-state index contributed by atoms with van der Waals surface area (Å²) in [5, 5.41) is 11.1. The van der Waals surface area contributed by atoms with Crippen molar-refractivity contribution in [3.8, 4) is 0 Å². The van der Waals surface area contributed by atoms with Gasteiger partial charge in [0.25, 0.3) is 5.69 Å². The predicted octanol–water partition coefficient (Wildman–Crippen LogP) is 2.23. The fourth-order valence-electron chi connectivity index (χ4n) is 2.12. The molecule has 0 unspecified atom stereocenters. The topological polar surface area (TPSA) is 87.6 Å². The molecule has 1 fully saturated rings. The minimum atomic E-state index is -0.711. The standard InChI is InChI=1S/C13H19BN2O4/c1-12(2)13(3,4)20-14(19-12)11(15)9-7-5-6-8-10(9)16(17)18/h5-8,11H,15H2,1-4H3/t11-/m1/s1.